The molecule has 0 unspecified atom stereocenters. The number of benzene rings is 3. The zero-order valence-corrected chi connectivity index (χ0v) is 19.2. The van der Waals surface area contributed by atoms with Crippen LogP contribution in [0.25, 0.3) is 0 Å². The maximum Gasteiger partial charge on any atom is 0.347 e. The zero-order chi connectivity index (χ0) is 22.8. The van der Waals surface area contributed by atoms with Crippen molar-refractivity contribution in [2.24, 2.45) is 5.92 Å². The van der Waals surface area contributed by atoms with Gasteiger partial charge in [0.25, 0.3) is 0 Å². The normalized spacial score (nSPS) is 11.5. The summed E-state index contributed by atoms with van der Waals surface area (Å²) in [5, 5.41) is 9.24. The zero-order valence-electron chi connectivity index (χ0n) is 19.2. The second kappa shape index (κ2) is 11.5. The molecule has 3 aromatic carbocycles. The van der Waals surface area contributed by atoms with Gasteiger partial charge in [0.2, 0.25) is 0 Å². The highest BCUT2D eigenvalue weighted by molar-refractivity contribution is 5.76. The Hall–Kier alpha value is -3.07. The molecule has 0 aliphatic carbocycles. The van der Waals surface area contributed by atoms with E-state index in [0.29, 0.717) is 11.7 Å². The molecule has 0 aliphatic rings. The molecular formula is C29H34O3. The number of carboxylic acid groups (broad SMARTS) is 1. The first-order valence-electron chi connectivity index (χ1n) is 11.5. The van der Waals surface area contributed by atoms with E-state index in [1.54, 1.807) is 13.8 Å². The van der Waals surface area contributed by atoms with Gasteiger partial charge in [0.15, 0.2) is 5.60 Å². The predicted octanol–water partition coefficient (Wildman–Crippen LogP) is 6.74. The highest BCUT2D eigenvalue weighted by atomic mass is 16.5. The Morgan fingerprint density at radius 2 is 1.12 bits per heavy atom. The molecule has 3 heteroatoms. The van der Waals surface area contributed by atoms with E-state index in [1.807, 2.05) is 12.1 Å². The quantitative estimate of drug-likeness (QED) is 0.346. The minimum Gasteiger partial charge on any atom is -0.478 e. The van der Waals surface area contributed by atoms with E-state index in [0.717, 1.165) is 25.7 Å². The van der Waals surface area contributed by atoms with Gasteiger partial charge in [-0.25, -0.2) is 4.79 Å². The van der Waals surface area contributed by atoms with E-state index in [1.165, 1.54) is 29.5 Å². The summed E-state index contributed by atoms with van der Waals surface area (Å²) >= 11 is 0. The molecule has 1 N–H and O–H groups in total. The highest BCUT2D eigenvalue weighted by Crippen LogP contribution is 2.24. The maximum atomic E-state index is 11.3. The number of rotatable bonds is 12. The molecule has 0 radical (unpaired) electrons. The van der Waals surface area contributed by atoms with Gasteiger partial charge in [-0.1, -0.05) is 72.8 Å². The van der Waals surface area contributed by atoms with E-state index >= 15 is 0 Å². The van der Waals surface area contributed by atoms with Crippen LogP contribution < -0.4 is 4.74 Å². The standard InChI is InChI=1S/C29H34O3/c1-29(2,28(30)31)32-27-21-19-26(20-22-27)18-17-25(15-13-23-9-5-3-6-10-23)16-14-24-11-7-4-8-12-24/h3-12,19-22,25H,13-18H2,1-2H3,(H,30,31). The van der Waals surface area contributed by atoms with Gasteiger partial charge in [0, 0.05) is 0 Å². The second-order valence-corrected chi connectivity index (χ2v) is 9.01. The predicted molar refractivity (Wildman–Crippen MR) is 130 cm³/mol. The lowest BCUT2D eigenvalue weighted by molar-refractivity contribution is -0.152. The summed E-state index contributed by atoms with van der Waals surface area (Å²) in [5.41, 5.74) is 2.83. The molecule has 3 nitrogen and oxygen atoms in total. The second-order valence-electron chi connectivity index (χ2n) is 9.01. The third-order valence-electron chi connectivity index (χ3n) is 6.02. The van der Waals surface area contributed by atoms with Crippen molar-refractivity contribution in [2.75, 3.05) is 0 Å². The Bertz CT molecular complexity index is 903. The van der Waals surface area contributed by atoms with Crippen LogP contribution in [0.4, 0.5) is 0 Å². The van der Waals surface area contributed by atoms with Gasteiger partial charge in [0.1, 0.15) is 5.75 Å². The fourth-order valence-electron chi connectivity index (χ4n) is 3.90. The molecular weight excluding hydrogens is 396 g/mol. The first-order valence-corrected chi connectivity index (χ1v) is 11.5. The van der Waals surface area contributed by atoms with Crippen molar-refractivity contribution < 1.29 is 14.6 Å². The van der Waals surface area contributed by atoms with Gasteiger partial charge in [-0.05, 0) is 87.1 Å². The topological polar surface area (TPSA) is 46.5 Å². The van der Waals surface area contributed by atoms with Gasteiger partial charge >= 0.3 is 5.97 Å². The number of ether oxygens (including phenoxy) is 1. The van der Waals surface area contributed by atoms with E-state index in [4.69, 9.17) is 4.74 Å². The smallest absolute Gasteiger partial charge is 0.347 e. The van der Waals surface area contributed by atoms with Crippen molar-refractivity contribution in [2.45, 2.75) is 58.0 Å². The van der Waals surface area contributed by atoms with Crippen LogP contribution in [-0.4, -0.2) is 16.7 Å². The third-order valence-corrected chi connectivity index (χ3v) is 6.02. The van der Waals surface area contributed by atoms with Crippen molar-refractivity contribution in [1.82, 2.24) is 0 Å². The van der Waals surface area contributed by atoms with Crippen LogP contribution in [-0.2, 0) is 24.1 Å². The minimum atomic E-state index is -1.23. The summed E-state index contributed by atoms with van der Waals surface area (Å²) < 4.78 is 5.62. The number of carboxylic acids is 1. The molecule has 0 saturated carbocycles. The molecule has 32 heavy (non-hydrogen) atoms. The van der Waals surface area contributed by atoms with Gasteiger partial charge in [-0.3, -0.25) is 0 Å². The summed E-state index contributed by atoms with van der Waals surface area (Å²) in [6.07, 6.45) is 6.74. The molecule has 0 amide bonds. The van der Waals surface area contributed by atoms with Crippen molar-refractivity contribution in [3.05, 3.63) is 102 Å². The van der Waals surface area contributed by atoms with Crippen LogP contribution >= 0.6 is 0 Å². The number of carbonyl (C=O) groups is 1. The number of hydrogen-bond acceptors (Lipinski definition) is 2. The van der Waals surface area contributed by atoms with E-state index in [9.17, 15) is 9.90 Å². The minimum absolute atomic E-state index is 0.589. The molecule has 3 rings (SSSR count). The Labute approximate surface area is 192 Å². The highest BCUT2D eigenvalue weighted by Gasteiger charge is 2.29. The number of aliphatic carboxylic acids is 1. The maximum absolute atomic E-state index is 11.3. The van der Waals surface area contributed by atoms with Crippen molar-refractivity contribution in [3.8, 4) is 5.75 Å². The van der Waals surface area contributed by atoms with E-state index < -0.39 is 11.6 Å². The molecule has 0 bridgehead atoms. The van der Waals surface area contributed by atoms with Crippen LogP contribution in [0.3, 0.4) is 0 Å². The van der Waals surface area contributed by atoms with Crippen molar-refractivity contribution in [3.63, 3.8) is 0 Å². The molecule has 3 aromatic rings. The lowest BCUT2D eigenvalue weighted by atomic mass is 9.88. The molecule has 0 aliphatic heterocycles. The van der Waals surface area contributed by atoms with Crippen LogP contribution in [0.1, 0.15) is 49.8 Å². The average Bonchev–Trinajstić information content (AvgIpc) is 2.80. The average molecular weight is 431 g/mol. The van der Waals surface area contributed by atoms with Crippen LogP contribution in [0, 0.1) is 5.92 Å². The molecule has 0 saturated heterocycles. The van der Waals surface area contributed by atoms with Gasteiger partial charge in [-0.15, -0.1) is 0 Å². The fraction of sp³-hybridized carbons (Fsp3) is 0.345. The van der Waals surface area contributed by atoms with Crippen LogP contribution in [0.5, 0.6) is 5.75 Å². The van der Waals surface area contributed by atoms with Gasteiger partial charge < -0.3 is 9.84 Å². The summed E-state index contributed by atoms with van der Waals surface area (Å²) in [4.78, 5) is 11.3. The van der Waals surface area contributed by atoms with Gasteiger partial charge in [-0.2, -0.15) is 0 Å². The number of hydrogen-bond donors (Lipinski definition) is 1. The molecule has 0 fully saturated rings. The van der Waals surface area contributed by atoms with Crippen LogP contribution in [0.2, 0.25) is 0 Å². The summed E-state index contributed by atoms with van der Waals surface area (Å²) in [6, 6.07) is 29.3. The lowest BCUT2D eigenvalue weighted by Gasteiger charge is -2.21. The monoisotopic (exact) mass is 430 g/mol. The largest absolute Gasteiger partial charge is 0.478 e. The van der Waals surface area contributed by atoms with Crippen molar-refractivity contribution in [1.29, 1.82) is 0 Å². The first-order chi connectivity index (χ1) is 15.4. The Balaban J connectivity index is 1.57. The molecule has 0 heterocycles. The summed E-state index contributed by atoms with van der Waals surface area (Å²) in [6.45, 7) is 3.13. The first kappa shape index (κ1) is 23.6. The summed E-state index contributed by atoms with van der Waals surface area (Å²) in [7, 11) is 0. The lowest BCUT2D eigenvalue weighted by Crippen LogP contribution is -2.37. The molecule has 0 spiro atoms. The SMILES string of the molecule is CC(C)(Oc1ccc(CCC(CCc2ccccc2)CCc2ccccc2)cc1)C(=O)O. The third kappa shape index (κ3) is 7.56. The Morgan fingerprint density at radius 3 is 1.53 bits per heavy atom. The van der Waals surface area contributed by atoms with Crippen LogP contribution in [0.15, 0.2) is 84.9 Å². The number of aryl methyl sites for hydroxylation is 3. The summed E-state index contributed by atoms with van der Waals surface area (Å²) in [5.74, 6) is 0.268. The Morgan fingerprint density at radius 1 is 0.719 bits per heavy atom. The van der Waals surface area contributed by atoms with E-state index in [-0.39, 0.29) is 0 Å². The molecule has 0 atom stereocenters. The molecule has 168 valence electrons. The fourth-order valence-corrected chi connectivity index (χ4v) is 3.90. The van der Waals surface area contributed by atoms with Gasteiger partial charge in [0.05, 0.1) is 0 Å². The van der Waals surface area contributed by atoms with E-state index in [2.05, 4.69) is 72.8 Å². The Kier molecular flexibility index (Phi) is 8.49. The van der Waals surface area contributed by atoms with Crippen molar-refractivity contribution >= 4 is 5.97 Å². The molecule has 0 aromatic heterocycles.